The van der Waals surface area contributed by atoms with Crippen LogP contribution in [-0.2, 0) is 6.54 Å². The van der Waals surface area contributed by atoms with Crippen molar-refractivity contribution in [3.63, 3.8) is 0 Å². The number of nitrogens with one attached hydrogen (secondary N) is 1. The fraction of sp³-hybridized carbons (Fsp3) is 0.500. The monoisotopic (exact) mass is 313 g/mol. The smallest absolute Gasteiger partial charge is 0.407 e. The van der Waals surface area contributed by atoms with Crippen LogP contribution in [0, 0.1) is 0 Å². The molecule has 0 unspecified atom stereocenters. The molecular weight excluding hydrogens is 298 g/mol. The topological polar surface area (TPSA) is 65.5 Å². The third-order valence-electron chi connectivity index (χ3n) is 3.13. The minimum atomic E-state index is -0.817. The fourth-order valence-electron chi connectivity index (χ4n) is 2.03. The third kappa shape index (κ3) is 3.68. The SMILES string of the molecule is O=C(O)N1CCC(NCc2ccc(Br)cn2)CC1. The van der Waals surface area contributed by atoms with Crippen LogP contribution < -0.4 is 5.32 Å². The number of hydrogen-bond acceptors (Lipinski definition) is 3. The Kier molecular flexibility index (Phi) is 4.54. The number of carbonyl (C=O) groups is 1. The van der Waals surface area contributed by atoms with Gasteiger partial charge in [0.05, 0.1) is 5.69 Å². The van der Waals surface area contributed by atoms with E-state index in [1.54, 1.807) is 6.20 Å². The molecule has 1 aromatic heterocycles. The molecule has 2 N–H and O–H groups in total. The Morgan fingerprint density at radius 1 is 1.50 bits per heavy atom. The van der Waals surface area contributed by atoms with Gasteiger partial charge in [-0.15, -0.1) is 0 Å². The lowest BCUT2D eigenvalue weighted by molar-refractivity contribution is 0.129. The summed E-state index contributed by atoms with van der Waals surface area (Å²) < 4.78 is 0.973. The molecule has 5 nitrogen and oxygen atoms in total. The number of aromatic nitrogens is 1. The number of nitrogens with zero attached hydrogens (tertiary/aromatic N) is 2. The van der Waals surface area contributed by atoms with Crippen LogP contribution in [0.5, 0.6) is 0 Å². The molecule has 6 heteroatoms. The summed E-state index contributed by atoms with van der Waals surface area (Å²) in [6.07, 6.45) is 2.69. The maximum Gasteiger partial charge on any atom is 0.407 e. The molecule has 2 heterocycles. The van der Waals surface area contributed by atoms with Crippen LogP contribution in [0.25, 0.3) is 0 Å². The van der Waals surface area contributed by atoms with Gasteiger partial charge in [0.25, 0.3) is 0 Å². The summed E-state index contributed by atoms with van der Waals surface area (Å²) in [6, 6.07) is 4.33. The lowest BCUT2D eigenvalue weighted by atomic mass is 10.1. The van der Waals surface area contributed by atoms with Crippen LogP contribution in [-0.4, -0.2) is 40.2 Å². The number of likely N-dealkylation sites (tertiary alicyclic amines) is 1. The van der Waals surface area contributed by atoms with Gasteiger partial charge in [-0.05, 0) is 40.9 Å². The molecule has 0 atom stereocenters. The predicted molar refractivity (Wildman–Crippen MR) is 71.4 cm³/mol. The number of piperidine rings is 1. The maximum atomic E-state index is 10.8. The Balaban J connectivity index is 1.75. The molecule has 1 aliphatic heterocycles. The van der Waals surface area contributed by atoms with Gasteiger partial charge in [0.1, 0.15) is 0 Å². The molecule has 0 spiro atoms. The minimum absolute atomic E-state index is 0.381. The summed E-state index contributed by atoms with van der Waals surface area (Å²) in [5, 5.41) is 12.3. The van der Waals surface area contributed by atoms with Gasteiger partial charge < -0.3 is 15.3 Å². The van der Waals surface area contributed by atoms with Gasteiger partial charge in [0, 0.05) is 36.3 Å². The van der Waals surface area contributed by atoms with Crippen LogP contribution in [0.4, 0.5) is 4.79 Å². The number of pyridine rings is 1. The summed E-state index contributed by atoms with van der Waals surface area (Å²) in [6.45, 7) is 1.95. The number of amides is 1. The second-order valence-corrected chi connectivity index (χ2v) is 5.31. The van der Waals surface area contributed by atoms with E-state index < -0.39 is 6.09 Å². The van der Waals surface area contributed by atoms with Crippen LogP contribution in [0.1, 0.15) is 18.5 Å². The Hall–Kier alpha value is -1.14. The van der Waals surface area contributed by atoms with Crippen molar-refractivity contribution in [2.45, 2.75) is 25.4 Å². The highest BCUT2D eigenvalue weighted by Crippen LogP contribution is 2.12. The van der Waals surface area contributed by atoms with Gasteiger partial charge in [0.15, 0.2) is 0 Å². The molecule has 2 rings (SSSR count). The van der Waals surface area contributed by atoms with Crippen molar-refractivity contribution in [3.05, 3.63) is 28.5 Å². The molecule has 0 saturated carbocycles. The van der Waals surface area contributed by atoms with E-state index in [9.17, 15) is 4.79 Å². The Labute approximate surface area is 114 Å². The van der Waals surface area contributed by atoms with Crippen molar-refractivity contribution in [2.24, 2.45) is 0 Å². The molecule has 18 heavy (non-hydrogen) atoms. The summed E-state index contributed by atoms with van der Waals surface area (Å²) in [7, 11) is 0. The molecule has 1 aliphatic rings. The van der Waals surface area contributed by atoms with Crippen molar-refractivity contribution in [1.29, 1.82) is 0 Å². The van der Waals surface area contributed by atoms with E-state index in [1.807, 2.05) is 12.1 Å². The summed E-state index contributed by atoms with van der Waals surface area (Å²) in [4.78, 5) is 16.5. The Morgan fingerprint density at radius 2 is 2.22 bits per heavy atom. The first-order valence-electron chi connectivity index (χ1n) is 5.97. The van der Waals surface area contributed by atoms with Crippen LogP contribution in [0.15, 0.2) is 22.8 Å². The molecule has 0 radical (unpaired) electrons. The normalized spacial score (nSPS) is 16.8. The predicted octanol–water partition coefficient (Wildman–Crippen LogP) is 2.08. The molecule has 1 fully saturated rings. The van der Waals surface area contributed by atoms with E-state index in [4.69, 9.17) is 5.11 Å². The van der Waals surface area contributed by atoms with Crippen molar-refractivity contribution in [1.82, 2.24) is 15.2 Å². The first kappa shape index (κ1) is 13.3. The highest BCUT2D eigenvalue weighted by Gasteiger charge is 2.21. The third-order valence-corrected chi connectivity index (χ3v) is 3.60. The van der Waals surface area contributed by atoms with E-state index in [0.717, 1.165) is 29.6 Å². The first-order chi connectivity index (χ1) is 8.65. The van der Waals surface area contributed by atoms with E-state index >= 15 is 0 Å². The standard InChI is InChI=1S/C12H16BrN3O2/c13-9-1-2-11(14-7-9)8-15-10-3-5-16(6-4-10)12(17)18/h1-2,7,10,15H,3-6,8H2,(H,17,18). The lowest BCUT2D eigenvalue weighted by Crippen LogP contribution is -2.44. The van der Waals surface area contributed by atoms with E-state index in [1.165, 1.54) is 4.90 Å². The largest absolute Gasteiger partial charge is 0.465 e. The second-order valence-electron chi connectivity index (χ2n) is 4.39. The molecule has 0 aliphatic carbocycles. The van der Waals surface area contributed by atoms with Crippen LogP contribution >= 0.6 is 15.9 Å². The number of hydrogen-bond donors (Lipinski definition) is 2. The number of carboxylic acid groups (broad SMARTS) is 1. The second kappa shape index (κ2) is 6.15. The Bertz CT molecular complexity index is 402. The van der Waals surface area contributed by atoms with Gasteiger partial charge in [-0.25, -0.2) is 4.79 Å². The van der Waals surface area contributed by atoms with Crippen molar-refractivity contribution in [2.75, 3.05) is 13.1 Å². The van der Waals surface area contributed by atoms with Gasteiger partial charge in [0.2, 0.25) is 0 Å². The van der Waals surface area contributed by atoms with E-state index in [-0.39, 0.29) is 0 Å². The molecule has 1 aromatic rings. The Morgan fingerprint density at radius 3 is 2.78 bits per heavy atom. The molecular formula is C12H16BrN3O2. The zero-order valence-electron chi connectivity index (χ0n) is 9.97. The highest BCUT2D eigenvalue weighted by molar-refractivity contribution is 9.10. The molecule has 0 aromatic carbocycles. The number of halogens is 1. The first-order valence-corrected chi connectivity index (χ1v) is 6.76. The zero-order chi connectivity index (χ0) is 13.0. The summed E-state index contributed by atoms with van der Waals surface area (Å²) in [5.74, 6) is 0. The zero-order valence-corrected chi connectivity index (χ0v) is 11.6. The van der Waals surface area contributed by atoms with Crippen LogP contribution in [0.3, 0.4) is 0 Å². The lowest BCUT2D eigenvalue weighted by Gasteiger charge is -2.30. The van der Waals surface area contributed by atoms with Crippen LogP contribution in [0.2, 0.25) is 0 Å². The number of rotatable bonds is 3. The highest BCUT2D eigenvalue weighted by atomic mass is 79.9. The minimum Gasteiger partial charge on any atom is -0.465 e. The van der Waals surface area contributed by atoms with E-state index in [0.29, 0.717) is 19.1 Å². The molecule has 98 valence electrons. The maximum absolute atomic E-state index is 10.8. The summed E-state index contributed by atoms with van der Waals surface area (Å²) in [5.41, 5.74) is 0.999. The van der Waals surface area contributed by atoms with Gasteiger partial charge in [-0.3, -0.25) is 4.98 Å². The molecule has 0 bridgehead atoms. The quantitative estimate of drug-likeness (QED) is 0.896. The van der Waals surface area contributed by atoms with Gasteiger partial charge >= 0.3 is 6.09 Å². The van der Waals surface area contributed by atoms with Crippen molar-refractivity contribution < 1.29 is 9.90 Å². The van der Waals surface area contributed by atoms with Gasteiger partial charge in [-0.1, -0.05) is 0 Å². The average Bonchev–Trinajstić information content (AvgIpc) is 2.38. The summed E-state index contributed by atoms with van der Waals surface area (Å²) >= 11 is 3.35. The average molecular weight is 314 g/mol. The van der Waals surface area contributed by atoms with Crippen molar-refractivity contribution in [3.8, 4) is 0 Å². The van der Waals surface area contributed by atoms with E-state index in [2.05, 4.69) is 26.2 Å². The van der Waals surface area contributed by atoms with Crippen molar-refractivity contribution >= 4 is 22.0 Å². The fourth-order valence-corrected chi connectivity index (χ4v) is 2.27. The molecule has 1 saturated heterocycles. The molecule has 1 amide bonds. The van der Waals surface area contributed by atoms with Gasteiger partial charge in [-0.2, -0.15) is 0 Å².